The first kappa shape index (κ1) is 21.0. The summed E-state index contributed by atoms with van der Waals surface area (Å²) in [6, 6.07) is 5.82. The fourth-order valence-corrected chi connectivity index (χ4v) is 3.48. The molecule has 1 aliphatic heterocycles. The van der Waals surface area contributed by atoms with Crippen LogP contribution in [0.25, 0.3) is 11.1 Å². The maximum Gasteiger partial charge on any atom is 0.431 e. The van der Waals surface area contributed by atoms with Gasteiger partial charge in [0.05, 0.1) is 13.2 Å². The number of morpholine rings is 1. The molecule has 0 aliphatic carbocycles. The van der Waals surface area contributed by atoms with Crippen molar-refractivity contribution in [3.8, 4) is 11.1 Å². The first-order chi connectivity index (χ1) is 14.7. The number of alkyl halides is 3. The van der Waals surface area contributed by atoms with Crippen LogP contribution in [-0.4, -0.2) is 51.8 Å². The minimum Gasteiger partial charge on any atom is -0.378 e. The van der Waals surface area contributed by atoms with Gasteiger partial charge in [0, 0.05) is 18.7 Å². The van der Waals surface area contributed by atoms with Crippen molar-refractivity contribution in [2.24, 2.45) is 0 Å². The number of nitrogens with zero attached hydrogens (tertiary/aromatic N) is 4. The number of carbonyl (C=O) groups excluding carboxylic acids is 1. The van der Waals surface area contributed by atoms with Gasteiger partial charge in [0.25, 0.3) is 5.91 Å². The van der Waals surface area contributed by atoms with Crippen molar-refractivity contribution >= 4 is 5.91 Å². The highest BCUT2D eigenvalue weighted by Crippen LogP contribution is 2.38. The number of benzene rings is 1. The van der Waals surface area contributed by atoms with Crippen LogP contribution in [0.2, 0.25) is 0 Å². The van der Waals surface area contributed by atoms with Crippen LogP contribution < -0.4 is 0 Å². The van der Waals surface area contributed by atoms with Crippen LogP contribution in [0.5, 0.6) is 0 Å². The van der Waals surface area contributed by atoms with Crippen molar-refractivity contribution in [1.29, 1.82) is 0 Å². The van der Waals surface area contributed by atoms with Crippen LogP contribution >= 0.6 is 0 Å². The summed E-state index contributed by atoms with van der Waals surface area (Å²) in [7, 11) is 0. The van der Waals surface area contributed by atoms with Gasteiger partial charge in [-0.15, -0.1) is 0 Å². The summed E-state index contributed by atoms with van der Waals surface area (Å²) in [5.41, 5.74) is -0.903. The summed E-state index contributed by atoms with van der Waals surface area (Å²) >= 11 is 0. The second-order valence-electron chi connectivity index (χ2n) is 7.02. The molecular weight excluding hydrogens is 420 g/mol. The Morgan fingerprint density at radius 3 is 2.42 bits per heavy atom. The van der Waals surface area contributed by atoms with Crippen molar-refractivity contribution in [1.82, 2.24) is 19.6 Å². The van der Waals surface area contributed by atoms with E-state index >= 15 is 0 Å². The summed E-state index contributed by atoms with van der Waals surface area (Å²) in [6.45, 7) is 2.15. The third kappa shape index (κ3) is 4.31. The summed E-state index contributed by atoms with van der Waals surface area (Å²) in [6.07, 6.45) is -4.76. The summed E-state index contributed by atoms with van der Waals surface area (Å²) in [5, 5.41) is 3.61. The van der Waals surface area contributed by atoms with Crippen LogP contribution in [0, 0.1) is 12.7 Å². The summed E-state index contributed by atoms with van der Waals surface area (Å²) in [4.78, 5) is 18.8. The van der Waals surface area contributed by atoms with Crippen molar-refractivity contribution in [3.05, 3.63) is 59.3 Å². The molecule has 1 saturated heterocycles. The zero-order valence-electron chi connectivity index (χ0n) is 16.4. The Hall–Kier alpha value is -3.21. The average Bonchev–Trinajstić information content (AvgIpc) is 3.32. The molecule has 0 radical (unpaired) electrons. The standard InChI is InChI=1S/C20H18F4N4O3/c1-12-25-17(31-26-12)11-28-16(20(22,23)24)10-15(13-2-4-14(21)5-3-13)18(28)19(29)27-6-8-30-9-7-27/h2-5,10H,6-9,11H2,1H3. The predicted molar refractivity (Wildman–Crippen MR) is 99.7 cm³/mol. The third-order valence-corrected chi connectivity index (χ3v) is 4.91. The monoisotopic (exact) mass is 438 g/mol. The molecule has 164 valence electrons. The summed E-state index contributed by atoms with van der Waals surface area (Å²) in [5.74, 6) is -0.938. The first-order valence-corrected chi connectivity index (χ1v) is 9.47. The van der Waals surface area contributed by atoms with Gasteiger partial charge >= 0.3 is 6.18 Å². The average molecular weight is 438 g/mol. The van der Waals surface area contributed by atoms with E-state index in [0.717, 1.165) is 22.8 Å². The number of amides is 1. The Morgan fingerprint density at radius 2 is 1.84 bits per heavy atom. The smallest absolute Gasteiger partial charge is 0.378 e. The molecule has 1 aliphatic rings. The molecule has 0 saturated carbocycles. The molecule has 3 heterocycles. The number of halogens is 4. The van der Waals surface area contributed by atoms with E-state index in [1.807, 2.05) is 0 Å². The molecule has 0 spiro atoms. The number of rotatable bonds is 4. The molecule has 1 amide bonds. The second kappa shape index (κ2) is 8.14. The SMILES string of the molecule is Cc1noc(Cn2c(C(F)(F)F)cc(-c3ccc(F)cc3)c2C(=O)N2CCOCC2)n1. The molecule has 0 atom stereocenters. The van der Waals surface area contributed by atoms with E-state index in [-0.39, 0.29) is 54.8 Å². The fourth-order valence-electron chi connectivity index (χ4n) is 3.48. The lowest BCUT2D eigenvalue weighted by molar-refractivity contribution is -0.143. The first-order valence-electron chi connectivity index (χ1n) is 9.47. The normalized spacial score (nSPS) is 14.8. The van der Waals surface area contributed by atoms with E-state index in [9.17, 15) is 22.4 Å². The molecule has 4 rings (SSSR count). The maximum atomic E-state index is 13.9. The van der Waals surface area contributed by atoms with E-state index < -0.39 is 30.1 Å². The van der Waals surface area contributed by atoms with Crippen LogP contribution in [0.4, 0.5) is 17.6 Å². The van der Waals surface area contributed by atoms with Gasteiger partial charge in [-0.2, -0.15) is 18.2 Å². The predicted octanol–water partition coefficient (Wildman–Crippen LogP) is 3.53. The number of ether oxygens (including phenoxy) is 1. The second-order valence-corrected chi connectivity index (χ2v) is 7.02. The highest BCUT2D eigenvalue weighted by Gasteiger charge is 2.39. The number of carbonyl (C=O) groups is 1. The van der Waals surface area contributed by atoms with Crippen LogP contribution in [0.3, 0.4) is 0 Å². The fraction of sp³-hybridized carbons (Fsp3) is 0.350. The molecule has 0 bridgehead atoms. The van der Waals surface area contributed by atoms with Crippen LogP contribution in [0.1, 0.15) is 27.9 Å². The Labute approximate surface area is 174 Å². The topological polar surface area (TPSA) is 73.4 Å². The van der Waals surface area contributed by atoms with E-state index in [1.54, 1.807) is 0 Å². The number of aromatic nitrogens is 3. The third-order valence-electron chi connectivity index (χ3n) is 4.91. The molecule has 31 heavy (non-hydrogen) atoms. The van der Waals surface area contributed by atoms with Gasteiger partial charge in [-0.1, -0.05) is 17.3 Å². The molecule has 0 unspecified atom stereocenters. The molecule has 0 N–H and O–H groups in total. The highest BCUT2D eigenvalue weighted by molar-refractivity contribution is 6.00. The largest absolute Gasteiger partial charge is 0.431 e. The molecular formula is C20H18F4N4O3. The maximum absolute atomic E-state index is 13.9. The quantitative estimate of drug-likeness (QED) is 0.583. The molecule has 1 aromatic carbocycles. The van der Waals surface area contributed by atoms with Gasteiger partial charge in [-0.3, -0.25) is 4.79 Å². The molecule has 1 fully saturated rings. The lowest BCUT2D eigenvalue weighted by atomic mass is 10.0. The van der Waals surface area contributed by atoms with Gasteiger partial charge in [-0.25, -0.2) is 4.39 Å². The lowest BCUT2D eigenvalue weighted by Gasteiger charge is -2.28. The van der Waals surface area contributed by atoms with Crippen molar-refractivity contribution < 1.29 is 31.6 Å². The van der Waals surface area contributed by atoms with E-state index in [0.29, 0.717) is 0 Å². The van der Waals surface area contributed by atoms with Crippen LogP contribution in [-0.2, 0) is 17.5 Å². The van der Waals surface area contributed by atoms with Crippen molar-refractivity contribution in [2.45, 2.75) is 19.6 Å². The minimum atomic E-state index is -4.76. The van der Waals surface area contributed by atoms with E-state index in [4.69, 9.17) is 9.26 Å². The number of aryl methyl sites for hydroxylation is 1. The Morgan fingerprint density at radius 1 is 1.16 bits per heavy atom. The Kier molecular flexibility index (Phi) is 5.52. The Balaban J connectivity index is 1.90. The van der Waals surface area contributed by atoms with Gasteiger partial charge in [-0.05, 0) is 30.7 Å². The van der Waals surface area contributed by atoms with E-state index in [2.05, 4.69) is 10.1 Å². The molecule has 2 aromatic heterocycles. The van der Waals surface area contributed by atoms with Crippen molar-refractivity contribution in [2.75, 3.05) is 26.3 Å². The Bertz CT molecular complexity index is 1080. The zero-order valence-corrected chi connectivity index (χ0v) is 16.4. The van der Waals surface area contributed by atoms with Gasteiger partial charge < -0.3 is 18.7 Å². The van der Waals surface area contributed by atoms with Gasteiger partial charge in [0.1, 0.15) is 23.7 Å². The number of hydrogen-bond donors (Lipinski definition) is 0. The van der Waals surface area contributed by atoms with Crippen LogP contribution in [0.15, 0.2) is 34.9 Å². The molecule has 3 aromatic rings. The van der Waals surface area contributed by atoms with E-state index in [1.165, 1.54) is 24.0 Å². The molecule has 7 nitrogen and oxygen atoms in total. The van der Waals surface area contributed by atoms with Gasteiger partial charge in [0.15, 0.2) is 5.82 Å². The minimum absolute atomic E-state index is 0.0417. The zero-order chi connectivity index (χ0) is 22.2. The lowest BCUT2D eigenvalue weighted by Crippen LogP contribution is -2.41. The van der Waals surface area contributed by atoms with Crippen molar-refractivity contribution in [3.63, 3.8) is 0 Å². The number of hydrogen-bond acceptors (Lipinski definition) is 5. The van der Waals surface area contributed by atoms with Gasteiger partial charge in [0.2, 0.25) is 5.89 Å². The molecule has 11 heteroatoms. The highest BCUT2D eigenvalue weighted by atomic mass is 19.4. The summed E-state index contributed by atoms with van der Waals surface area (Å²) < 4.78 is 66.3.